The standard InChI is InChI=1S/C20H27N5O2/c1-23-8-10-24(11-9-23)19-4-6-21-20(22-19)25-7-5-15-12-17(26-2)18(27-3)13-16(15)14-25/h4,6,12-13H,5,7-11,14H2,1-3H3. The average Bonchev–Trinajstić information content (AvgIpc) is 2.73. The Hall–Kier alpha value is -2.54. The highest BCUT2D eigenvalue weighted by Gasteiger charge is 2.22. The molecule has 0 amide bonds. The third kappa shape index (κ3) is 3.64. The van der Waals surface area contributed by atoms with Gasteiger partial charge >= 0.3 is 0 Å². The number of hydrogen-bond donors (Lipinski definition) is 0. The topological polar surface area (TPSA) is 54.0 Å². The highest BCUT2D eigenvalue weighted by atomic mass is 16.5. The number of fused-ring (bicyclic) bond motifs is 1. The summed E-state index contributed by atoms with van der Waals surface area (Å²) in [5.74, 6) is 3.38. The molecule has 1 aromatic carbocycles. The molecule has 0 spiro atoms. The first-order valence-electron chi connectivity index (χ1n) is 9.43. The van der Waals surface area contributed by atoms with Gasteiger partial charge in [-0.25, -0.2) is 4.98 Å². The van der Waals surface area contributed by atoms with Crippen LogP contribution < -0.4 is 19.3 Å². The van der Waals surface area contributed by atoms with Crippen LogP contribution in [-0.2, 0) is 13.0 Å². The minimum atomic E-state index is 0.769. The predicted molar refractivity (Wildman–Crippen MR) is 106 cm³/mol. The number of piperazine rings is 1. The van der Waals surface area contributed by atoms with Crippen LogP contribution in [0.4, 0.5) is 11.8 Å². The first-order chi connectivity index (χ1) is 13.2. The van der Waals surface area contributed by atoms with Crippen LogP contribution in [-0.4, -0.2) is 68.9 Å². The van der Waals surface area contributed by atoms with Crippen molar-refractivity contribution in [2.75, 3.05) is 63.8 Å². The molecule has 0 bridgehead atoms. The van der Waals surface area contributed by atoms with Crippen LogP contribution in [0, 0.1) is 0 Å². The number of nitrogens with zero attached hydrogens (tertiary/aromatic N) is 5. The van der Waals surface area contributed by atoms with Crippen LogP contribution in [0.2, 0.25) is 0 Å². The summed E-state index contributed by atoms with van der Waals surface area (Å²) < 4.78 is 10.9. The Morgan fingerprint density at radius 3 is 2.30 bits per heavy atom. The van der Waals surface area contributed by atoms with Crippen molar-refractivity contribution in [1.82, 2.24) is 14.9 Å². The maximum absolute atomic E-state index is 5.46. The lowest BCUT2D eigenvalue weighted by Gasteiger charge is -2.34. The van der Waals surface area contributed by atoms with Crippen LogP contribution in [0.25, 0.3) is 0 Å². The Kier molecular flexibility index (Phi) is 5.03. The molecule has 0 N–H and O–H groups in total. The maximum atomic E-state index is 5.46. The minimum Gasteiger partial charge on any atom is -0.493 e. The van der Waals surface area contributed by atoms with Crippen LogP contribution in [0.5, 0.6) is 11.5 Å². The van der Waals surface area contributed by atoms with Gasteiger partial charge in [-0.05, 0) is 42.8 Å². The molecule has 1 aromatic heterocycles. The number of rotatable bonds is 4. The largest absolute Gasteiger partial charge is 0.493 e. The average molecular weight is 369 g/mol. The molecule has 2 aromatic rings. The molecule has 1 saturated heterocycles. The second-order valence-corrected chi connectivity index (χ2v) is 7.15. The molecular formula is C20H27N5O2. The monoisotopic (exact) mass is 369 g/mol. The Labute approximate surface area is 160 Å². The molecule has 3 heterocycles. The van der Waals surface area contributed by atoms with E-state index in [-0.39, 0.29) is 0 Å². The number of aromatic nitrogens is 2. The zero-order valence-electron chi connectivity index (χ0n) is 16.3. The van der Waals surface area contributed by atoms with E-state index in [1.165, 1.54) is 11.1 Å². The molecule has 4 rings (SSSR count). The van der Waals surface area contributed by atoms with E-state index in [1.807, 2.05) is 12.3 Å². The van der Waals surface area contributed by atoms with E-state index in [9.17, 15) is 0 Å². The number of anilines is 2. The third-order valence-corrected chi connectivity index (χ3v) is 5.46. The Bertz CT molecular complexity index is 805. The second-order valence-electron chi connectivity index (χ2n) is 7.15. The van der Waals surface area contributed by atoms with Gasteiger partial charge in [0.1, 0.15) is 5.82 Å². The fourth-order valence-corrected chi connectivity index (χ4v) is 3.76. The quantitative estimate of drug-likeness (QED) is 0.815. The molecule has 7 nitrogen and oxygen atoms in total. The molecule has 0 aliphatic carbocycles. The maximum Gasteiger partial charge on any atom is 0.227 e. The van der Waals surface area contributed by atoms with E-state index >= 15 is 0 Å². The summed E-state index contributed by atoms with van der Waals surface area (Å²) in [7, 11) is 5.52. The molecule has 2 aliphatic heterocycles. The molecule has 0 radical (unpaired) electrons. The molecule has 0 saturated carbocycles. The molecule has 0 unspecified atom stereocenters. The summed E-state index contributed by atoms with van der Waals surface area (Å²) in [5, 5.41) is 0. The van der Waals surface area contributed by atoms with Crippen LogP contribution >= 0.6 is 0 Å². The van der Waals surface area contributed by atoms with E-state index in [1.54, 1.807) is 14.2 Å². The van der Waals surface area contributed by atoms with Crippen molar-refractivity contribution < 1.29 is 9.47 Å². The van der Waals surface area contributed by atoms with Crippen molar-refractivity contribution in [3.05, 3.63) is 35.5 Å². The summed E-state index contributed by atoms with van der Waals surface area (Å²) in [5.41, 5.74) is 2.55. The van der Waals surface area contributed by atoms with Crippen molar-refractivity contribution in [1.29, 1.82) is 0 Å². The minimum absolute atomic E-state index is 0.769. The summed E-state index contributed by atoms with van der Waals surface area (Å²) in [6.45, 7) is 5.83. The lowest BCUT2D eigenvalue weighted by Crippen LogP contribution is -2.45. The molecule has 144 valence electrons. The molecule has 1 fully saturated rings. The number of hydrogen-bond acceptors (Lipinski definition) is 7. The molecule has 27 heavy (non-hydrogen) atoms. The smallest absolute Gasteiger partial charge is 0.227 e. The van der Waals surface area contributed by atoms with Gasteiger partial charge in [0.15, 0.2) is 11.5 Å². The Morgan fingerprint density at radius 1 is 0.889 bits per heavy atom. The van der Waals surface area contributed by atoms with Gasteiger partial charge in [-0.15, -0.1) is 0 Å². The summed E-state index contributed by atoms with van der Waals surface area (Å²) in [4.78, 5) is 16.3. The van der Waals surface area contributed by atoms with E-state index < -0.39 is 0 Å². The van der Waals surface area contributed by atoms with Crippen molar-refractivity contribution in [2.45, 2.75) is 13.0 Å². The SMILES string of the molecule is COc1cc2c(cc1OC)CN(c1nccc(N3CCN(C)CC3)n1)CC2. The van der Waals surface area contributed by atoms with E-state index in [2.05, 4.69) is 38.9 Å². The first kappa shape index (κ1) is 17.9. The lowest BCUT2D eigenvalue weighted by molar-refractivity contribution is 0.312. The number of ether oxygens (including phenoxy) is 2. The van der Waals surface area contributed by atoms with Gasteiger partial charge in [-0.3, -0.25) is 0 Å². The van der Waals surface area contributed by atoms with Crippen LogP contribution in [0.15, 0.2) is 24.4 Å². The van der Waals surface area contributed by atoms with E-state index in [4.69, 9.17) is 14.5 Å². The zero-order chi connectivity index (χ0) is 18.8. The predicted octanol–water partition coefficient (Wildman–Crippen LogP) is 1.81. The summed E-state index contributed by atoms with van der Waals surface area (Å²) in [6, 6.07) is 6.18. The van der Waals surface area contributed by atoms with Crippen molar-refractivity contribution in [3.8, 4) is 11.5 Å². The van der Waals surface area contributed by atoms with Gasteiger partial charge in [0.05, 0.1) is 14.2 Å². The second kappa shape index (κ2) is 7.60. The summed E-state index contributed by atoms with van der Waals surface area (Å²) >= 11 is 0. The van der Waals surface area contributed by atoms with Crippen molar-refractivity contribution in [3.63, 3.8) is 0 Å². The van der Waals surface area contributed by atoms with E-state index in [0.29, 0.717) is 0 Å². The van der Waals surface area contributed by atoms with Gasteiger partial charge in [-0.1, -0.05) is 0 Å². The fourth-order valence-electron chi connectivity index (χ4n) is 3.76. The molecular weight excluding hydrogens is 342 g/mol. The van der Waals surface area contributed by atoms with Gasteiger partial charge in [0.25, 0.3) is 0 Å². The Balaban J connectivity index is 1.54. The van der Waals surface area contributed by atoms with Crippen molar-refractivity contribution in [2.24, 2.45) is 0 Å². The Morgan fingerprint density at radius 2 is 1.59 bits per heavy atom. The van der Waals surface area contributed by atoms with Gasteiger partial charge in [0.2, 0.25) is 5.95 Å². The van der Waals surface area contributed by atoms with Gasteiger partial charge in [-0.2, -0.15) is 4.98 Å². The van der Waals surface area contributed by atoms with Gasteiger partial charge < -0.3 is 24.2 Å². The third-order valence-electron chi connectivity index (χ3n) is 5.46. The number of methoxy groups -OCH3 is 2. The fraction of sp³-hybridized carbons (Fsp3) is 0.500. The van der Waals surface area contributed by atoms with Crippen LogP contribution in [0.1, 0.15) is 11.1 Å². The first-order valence-corrected chi connectivity index (χ1v) is 9.43. The summed E-state index contributed by atoms with van der Waals surface area (Å²) in [6.07, 6.45) is 2.82. The molecule has 0 atom stereocenters. The molecule has 7 heteroatoms. The highest BCUT2D eigenvalue weighted by Crippen LogP contribution is 2.34. The number of likely N-dealkylation sites (N-methyl/N-ethyl adjacent to an activating group) is 1. The van der Waals surface area contributed by atoms with Crippen LogP contribution in [0.3, 0.4) is 0 Å². The van der Waals surface area contributed by atoms with E-state index in [0.717, 1.165) is 69.0 Å². The van der Waals surface area contributed by atoms with Gasteiger partial charge in [0, 0.05) is 45.5 Å². The highest BCUT2D eigenvalue weighted by molar-refractivity contribution is 5.52. The lowest BCUT2D eigenvalue weighted by atomic mass is 9.99. The molecule has 2 aliphatic rings. The van der Waals surface area contributed by atoms with Crippen molar-refractivity contribution >= 4 is 11.8 Å². The zero-order valence-corrected chi connectivity index (χ0v) is 16.3. The number of benzene rings is 1. The normalized spacial score (nSPS) is 17.6.